The number of amides is 3. The number of nitrogens with one attached hydrogen (secondary N) is 1. The second-order valence-electron chi connectivity index (χ2n) is 7.84. The monoisotopic (exact) mass is 417 g/mol. The zero-order valence-electron chi connectivity index (χ0n) is 17.0. The van der Waals surface area contributed by atoms with Gasteiger partial charge in [0.05, 0.1) is 25.4 Å². The fraction of sp³-hybridized carbons (Fsp3) is 0.571. The highest BCUT2D eigenvalue weighted by molar-refractivity contribution is 5.92. The number of hydrogen-bond acceptors (Lipinski definition) is 6. The topological polar surface area (TPSA) is 97.4 Å². The summed E-state index contributed by atoms with van der Waals surface area (Å²) in [5, 5.41) is 2.91. The lowest BCUT2D eigenvalue weighted by molar-refractivity contribution is -0.139. The number of morpholine rings is 1. The third-order valence-corrected chi connectivity index (χ3v) is 5.68. The van der Waals surface area contributed by atoms with Gasteiger partial charge in [-0.15, -0.1) is 0 Å². The molecule has 0 aromatic heterocycles. The summed E-state index contributed by atoms with van der Waals surface area (Å²) in [7, 11) is 0. The van der Waals surface area contributed by atoms with E-state index in [1.165, 1.54) is 0 Å². The van der Waals surface area contributed by atoms with Crippen molar-refractivity contribution in [1.29, 1.82) is 0 Å². The van der Waals surface area contributed by atoms with Crippen molar-refractivity contribution in [3.05, 3.63) is 29.8 Å². The first-order chi connectivity index (χ1) is 14.5. The SMILES string of the molecule is CCOC(=O)c1ccccc1OCC1CN(C(=O)N2CC[C@@H]3OCC(=O)N[C@@H]3C2)C1. The Morgan fingerprint density at radius 1 is 1.20 bits per heavy atom. The fourth-order valence-corrected chi connectivity index (χ4v) is 4.08. The first kappa shape index (κ1) is 20.5. The molecule has 0 bridgehead atoms. The van der Waals surface area contributed by atoms with Crippen LogP contribution in [0.2, 0.25) is 0 Å². The summed E-state index contributed by atoms with van der Waals surface area (Å²) in [4.78, 5) is 39.9. The Labute approximate surface area is 175 Å². The molecule has 3 heterocycles. The van der Waals surface area contributed by atoms with Crippen LogP contribution in [-0.4, -0.2) is 85.9 Å². The smallest absolute Gasteiger partial charge is 0.341 e. The molecule has 3 amide bonds. The summed E-state index contributed by atoms with van der Waals surface area (Å²) in [6.45, 7) is 4.90. The number of urea groups is 1. The van der Waals surface area contributed by atoms with Gasteiger partial charge in [0.25, 0.3) is 0 Å². The highest BCUT2D eigenvalue weighted by atomic mass is 16.5. The van der Waals surface area contributed by atoms with Crippen LogP contribution >= 0.6 is 0 Å². The van der Waals surface area contributed by atoms with E-state index in [2.05, 4.69) is 5.32 Å². The van der Waals surface area contributed by atoms with Gasteiger partial charge in [-0.05, 0) is 25.5 Å². The molecule has 1 aromatic carbocycles. The largest absolute Gasteiger partial charge is 0.492 e. The Bertz CT molecular complexity index is 810. The lowest BCUT2D eigenvalue weighted by Crippen LogP contribution is -2.64. The van der Waals surface area contributed by atoms with Gasteiger partial charge in [0, 0.05) is 32.1 Å². The summed E-state index contributed by atoms with van der Waals surface area (Å²) in [6, 6.07) is 6.86. The van der Waals surface area contributed by atoms with Crippen LogP contribution in [-0.2, 0) is 14.3 Å². The van der Waals surface area contributed by atoms with E-state index >= 15 is 0 Å². The number of carbonyl (C=O) groups is 3. The molecule has 3 saturated heterocycles. The van der Waals surface area contributed by atoms with Crippen molar-refractivity contribution in [2.45, 2.75) is 25.5 Å². The predicted molar refractivity (Wildman–Crippen MR) is 106 cm³/mol. The van der Waals surface area contributed by atoms with E-state index in [4.69, 9.17) is 14.2 Å². The molecule has 9 nitrogen and oxygen atoms in total. The van der Waals surface area contributed by atoms with Crippen molar-refractivity contribution in [2.24, 2.45) is 5.92 Å². The van der Waals surface area contributed by atoms with Crippen molar-refractivity contribution in [2.75, 3.05) is 46.0 Å². The van der Waals surface area contributed by atoms with Crippen molar-refractivity contribution >= 4 is 17.9 Å². The summed E-state index contributed by atoms with van der Waals surface area (Å²) in [5.74, 6) is 0.172. The second kappa shape index (κ2) is 8.91. The van der Waals surface area contributed by atoms with E-state index in [0.717, 1.165) is 6.42 Å². The van der Waals surface area contributed by atoms with Crippen LogP contribution in [0, 0.1) is 5.92 Å². The van der Waals surface area contributed by atoms with E-state index in [0.29, 0.717) is 50.7 Å². The van der Waals surface area contributed by atoms with Gasteiger partial charge in [0.2, 0.25) is 5.91 Å². The molecule has 0 radical (unpaired) electrons. The molecule has 4 rings (SSSR count). The number of likely N-dealkylation sites (tertiary alicyclic amines) is 2. The van der Waals surface area contributed by atoms with Gasteiger partial charge >= 0.3 is 12.0 Å². The van der Waals surface area contributed by atoms with Crippen molar-refractivity contribution in [3.8, 4) is 5.75 Å². The minimum absolute atomic E-state index is 0.0104. The third-order valence-electron chi connectivity index (χ3n) is 5.68. The van der Waals surface area contributed by atoms with Crippen LogP contribution in [0.15, 0.2) is 24.3 Å². The molecule has 30 heavy (non-hydrogen) atoms. The normalized spacial score (nSPS) is 23.8. The molecule has 0 saturated carbocycles. The molecule has 9 heteroatoms. The predicted octanol–water partition coefficient (Wildman–Crippen LogP) is 0.883. The maximum atomic E-state index is 12.8. The summed E-state index contributed by atoms with van der Waals surface area (Å²) >= 11 is 0. The number of nitrogens with zero attached hydrogens (tertiary/aromatic N) is 2. The Hall–Kier alpha value is -2.81. The number of fused-ring (bicyclic) bond motifs is 1. The standard InChI is InChI=1S/C21H27N3O6/c1-2-28-20(26)15-5-3-4-6-17(15)29-12-14-9-24(10-14)21(27)23-8-7-18-16(11-23)22-19(25)13-30-18/h3-6,14,16,18H,2,7-13H2,1H3,(H,22,25)/t16-,18+/m1/s1. The van der Waals surface area contributed by atoms with Crippen LogP contribution in [0.3, 0.4) is 0 Å². The highest BCUT2D eigenvalue weighted by Gasteiger charge is 2.40. The van der Waals surface area contributed by atoms with Gasteiger partial charge in [0.1, 0.15) is 17.9 Å². The number of esters is 1. The number of rotatable bonds is 5. The molecule has 0 spiro atoms. The second-order valence-corrected chi connectivity index (χ2v) is 7.84. The highest BCUT2D eigenvalue weighted by Crippen LogP contribution is 2.25. The Balaban J connectivity index is 1.24. The summed E-state index contributed by atoms with van der Waals surface area (Å²) in [6.07, 6.45) is 0.714. The first-order valence-electron chi connectivity index (χ1n) is 10.4. The van der Waals surface area contributed by atoms with Crippen molar-refractivity contribution in [1.82, 2.24) is 15.1 Å². The van der Waals surface area contributed by atoms with Crippen LogP contribution in [0.4, 0.5) is 4.79 Å². The molecule has 162 valence electrons. The van der Waals surface area contributed by atoms with Crippen LogP contribution < -0.4 is 10.1 Å². The average molecular weight is 417 g/mol. The molecular formula is C21H27N3O6. The van der Waals surface area contributed by atoms with Gasteiger partial charge in [-0.25, -0.2) is 9.59 Å². The summed E-state index contributed by atoms with van der Waals surface area (Å²) < 4.78 is 16.5. The van der Waals surface area contributed by atoms with E-state index in [9.17, 15) is 14.4 Å². The van der Waals surface area contributed by atoms with E-state index in [1.807, 2.05) is 6.07 Å². The van der Waals surface area contributed by atoms with Crippen molar-refractivity contribution < 1.29 is 28.6 Å². The number of carbonyl (C=O) groups excluding carboxylic acids is 3. The molecule has 3 aliphatic rings. The molecule has 3 fully saturated rings. The molecule has 0 aliphatic carbocycles. The lowest BCUT2D eigenvalue weighted by Gasteiger charge is -2.46. The Morgan fingerprint density at radius 3 is 2.80 bits per heavy atom. The van der Waals surface area contributed by atoms with Crippen molar-refractivity contribution in [3.63, 3.8) is 0 Å². The maximum Gasteiger partial charge on any atom is 0.341 e. The van der Waals surface area contributed by atoms with E-state index < -0.39 is 5.97 Å². The van der Waals surface area contributed by atoms with Crippen LogP contribution in [0.1, 0.15) is 23.7 Å². The molecule has 0 unspecified atom stereocenters. The number of piperidine rings is 1. The molecular weight excluding hydrogens is 390 g/mol. The molecule has 2 atom stereocenters. The quantitative estimate of drug-likeness (QED) is 0.715. The number of hydrogen-bond donors (Lipinski definition) is 1. The summed E-state index contributed by atoms with van der Waals surface area (Å²) in [5.41, 5.74) is 0.409. The lowest BCUT2D eigenvalue weighted by atomic mass is 9.99. The number of para-hydroxylation sites is 1. The Morgan fingerprint density at radius 2 is 2.00 bits per heavy atom. The van der Waals surface area contributed by atoms with Gasteiger partial charge in [-0.1, -0.05) is 12.1 Å². The van der Waals surface area contributed by atoms with Crippen LogP contribution in [0.5, 0.6) is 5.75 Å². The Kier molecular flexibility index (Phi) is 6.08. The third kappa shape index (κ3) is 4.35. The average Bonchev–Trinajstić information content (AvgIpc) is 2.72. The van der Waals surface area contributed by atoms with E-state index in [1.54, 1.807) is 34.9 Å². The molecule has 1 aromatic rings. The number of ether oxygens (including phenoxy) is 3. The van der Waals surface area contributed by atoms with Gasteiger partial charge < -0.3 is 29.3 Å². The van der Waals surface area contributed by atoms with Gasteiger partial charge in [-0.3, -0.25) is 4.79 Å². The fourth-order valence-electron chi connectivity index (χ4n) is 4.08. The van der Waals surface area contributed by atoms with Gasteiger partial charge in [0.15, 0.2) is 0 Å². The first-order valence-corrected chi connectivity index (χ1v) is 10.4. The minimum atomic E-state index is -0.402. The maximum absolute atomic E-state index is 12.8. The zero-order valence-corrected chi connectivity index (χ0v) is 17.0. The zero-order chi connectivity index (χ0) is 21.1. The molecule has 1 N–H and O–H groups in total. The number of benzene rings is 1. The molecule has 3 aliphatic heterocycles. The van der Waals surface area contributed by atoms with Crippen LogP contribution in [0.25, 0.3) is 0 Å². The minimum Gasteiger partial charge on any atom is -0.492 e. The van der Waals surface area contributed by atoms with E-state index in [-0.39, 0.29) is 36.6 Å². The van der Waals surface area contributed by atoms with Gasteiger partial charge in [-0.2, -0.15) is 0 Å².